The fourth-order valence-electron chi connectivity index (χ4n) is 1.63. The summed E-state index contributed by atoms with van der Waals surface area (Å²) in [7, 11) is 0. The van der Waals surface area contributed by atoms with Crippen molar-refractivity contribution in [2.75, 3.05) is 5.75 Å². The van der Waals surface area contributed by atoms with Gasteiger partial charge in [-0.2, -0.15) is 11.8 Å². The normalized spacial score (nSPS) is 12.8. The Bertz CT molecular complexity index is 524. The quantitative estimate of drug-likeness (QED) is 0.768. The molecule has 0 fully saturated rings. The highest BCUT2D eigenvalue weighted by Gasteiger charge is 2.08. The van der Waals surface area contributed by atoms with Crippen LogP contribution in [0.15, 0.2) is 30.5 Å². The second kappa shape index (κ2) is 5.25. The van der Waals surface area contributed by atoms with Crippen molar-refractivity contribution in [1.82, 2.24) is 4.98 Å². The Balaban J connectivity index is 1.98. The number of aromatic amines is 1. The number of thioether (sulfide) groups is 1. The van der Waals surface area contributed by atoms with Gasteiger partial charge < -0.3 is 20.6 Å². The molecule has 5 heteroatoms. The van der Waals surface area contributed by atoms with Crippen LogP contribution in [-0.4, -0.2) is 22.7 Å². The highest BCUT2D eigenvalue weighted by atomic mass is 32.2. The largest absolute Gasteiger partial charge is 0.544 e. The lowest BCUT2D eigenvalue weighted by atomic mass is 10.2. The van der Waals surface area contributed by atoms with E-state index in [1.165, 1.54) is 10.9 Å². The summed E-state index contributed by atoms with van der Waals surface area (Å²) in [6.07, 6.45) is 1.97. The first-order chi connectivity index (χ1) is 8.18. The van der Waals surface area contributed by atoms with E-state index in [1.807, 2.05) is 24.4 Å². The third-order valence-electron chi connectivity index (χ3n) is 2.58. The number of fused-ring (bicyclic) bond motifs is 1. The number of carbonyl (C=O) groups is 1. The number of para-hydroxylation sites is 1. The number of hydrogen-bond donors (Lipinski definition) is 2. The van der Waals surface area contributed by atoms with Crippen LogP contribution >= 0.6 is 11.8 Å². The maximum absolute atomic E-state index is 10.5. The van der Waals surface area contributed by atoms with Gasteiger partial charge in [-0.15, -0.1) is 0 Å². The predicted molar refractivity (Wildman–Crippen MR) is 66.1 cm³/mol. The predicted octanol–water partition coefficient (Wildman–Crippen LogP) is -0.239. The third-order valence-corrected chi connectivity index (χ3v) is 3.74. The second-order valence-electron chi connectivity index (χ2n) is 3.89. The molecule has 1 aromatic carbocycles. The Labute approximate surface area is 103 Å². The molecule has 0 aliphatic rings. The van der Waals surface area contributed by atoms with Crippen molar-refractivity contribution in [3.05, 3.63) is 36.0 Å². The summed E-state index contributed by atoms with van der Waals surface area (Å²) < 4.78 is 0. The molecule has 0 radical (unpaired) electrons. The molecule has 17 heavy (non-hydrogen) atoms. The maximum Gasteiger partial charge on any atom is 0.134 e. The molecule has 0 aliphatic heterocycles. The van der Waals surface area contributed by atoms with Crippen LogP contribution in [0, 0.1) is 0 Å². The number of benzene rings is 1. The molecule has 0 saturated carbocycles. The third kappa shape index (κ3) is 2.81. The van der Waals surface area contributed by atoms with Gasteiger partial charge in [0.25, 0.3) is 0 Å². The van der Waals surface area contributed by atoms with Crippen molar-refractivity contribution in [1.29, 1.82) is 0 Å². The minimum atomic E-state index is -1.09. The zero-order valence-corrected chi connectivity index (χ0v) is 10.1. The van der Waals surface area contributed by atoms with Crippen molar-refractivity contribution >= 4 is 28.6 Å². The van der Waals surface area contributed by atoms with Crippen molar-refractivity contribution in [3.8, 4) is 0 Å². The standard InChI is InChI=1S/C12H14N2O2S/c13-10(12(15)16)7-17-6-8-5-14-11-4-2-1-3-9(8)11/h1-5,10,14H,6-7,13H2,(H,15,16)/t10-/m0/s1. The summed E-state index contributed by atoms with van der Waals surface area (Å²) in [6, 6.07) is 7.41. The van der Waals surface area contributed by atoms with E-state index in [0.29, 0.717) is 5.75 Å². The molecule has 0 bridgehead atoms. The SMILES string of the molecule is [NH3+][C@@H](CSCc1c[nH]c2ccccc12)C(=O)[O-]. The van der Waals surface area contributed by atoms with Crippen LogP contribution in [-0.2, 0) is 10.5 Å². The summed E-state index contributed by atoms with van der Waals surface area (Å²) in [5.74, 6) is 0.168. The van der Waals surface area contributed by atoms with Crippen LogP contribution in [0.1, 0.15) is 5.56 Å². The van der Waals surface area contributed by atoms with E-state index < -0.39 is 12.0 Å². The van der Waals surface area contributed by atoms with E-state index in [2.05, 4.69) is 16.8 Å². The summed E-state index contributed by atoms with van der Waals surface area (Å²) in [6.45, 7) is 0. The van der Waals surface area contributed by atoms with Crippen LogP contribution in [0.25, 0.3) is 10.9 Å². The summed E-state index contributed by atoms with van der Waals surface area (Å²) in [5.41, 5.74) is 5.82. The topological polar surface area (TPSA) is 83.6 Å². The molecular weight excluding hydrogens is 236 g/mol. The zero-order chi connectivity index (χ0) is 12.3. The molecule has 1 aromatic heterocycles. The van der Waals surface area contributed by atoms with Crippen molar-refractivity contribution < 1.29 is 15.6 Å². The Hall–Kier alpha value is -1.46. The average Bonchev–Trinajstić information content (AvgIpc) is 2.72. The highest BCUT2D eigenvalue weighted by molar-refractivity contribution is 7.98. The van der Waals surface area contributed by atoms with Gasteiger partial charge in [-0.25, -0.2) is 0 Å². The molecule has 1 heterocycles. The highest BCUT2D eigenvalue weighted by Crippen LogP contribution is 2.22. The maximum atomic E-state index is 10.5. The molecule has 0 unspecified atom stereocenters. The number of aromatic nitrogens is 1. The molecule has 90 valence electrons. The number of rotatable bonds is 5. The van der Waals surface area contributed by atoms with E-state index in [9.17, 15) is 9.90 Å². The van der Waals surface area contributed by atoms with Gasteiger partial charge in [-0.1, -0.05) is 18.2 Å². The van der Waals surface area contributed by atoms with Gasteiger partial charge in [0, 0.05) is 22.9 Å². The fraction of sp³-hybridized carbons (Fsp3) is 0.250. The van der Waals surface area contributed by atoms with E-state index >= 15 is 0 Å². The molecule has 4 N–H and O–H groups in total. The first-order valence-electron chi connectivity index (χ1n) is 5.35. The number of carbonyl (C=O) groups excluding carboxylic acids is 1. The number of nitrogens with one attached hydrogen (secondary N) is 1. The number of quaternary nitrogens is 1. The lowest BCUT2D eigenvalue weighted by Gasteiger charge is -2.08. The van der Waals surface area contributed by atoms with E-state index in [-0.39, 0.29) is 0 Å². The number of carboxylic acids is 1. The minimum absolute atomic E-state index is 0.474. The zero-order valence-electron chi connectivity index (χ0n) is 9.31. The molecule has 2 rings (SSSR count). The fourth-order valence-corrected chi connectivity index (χ4v) is 2.63. The molecule has 1 atom stereocenters. The molecular formula is C12H14N2O2S. The minimum Gasteiger partial charge on any atom is -0.544 e. The number of carboxylic acid groups (broad SMARTS) is 1. The number of H-pyrrole nitrogens is 1. The van der Waals surface area contributed by atoms with Crippen LogP contribution in [0.2, 0.25) is 0 Å². The van der Waals surface area contributed by atoms with Gasteiger partial charge in [0.1, 0.15) is 6.04 Å². The Morgan fingerprint density at radius 3 is 3.00 bits per heavy atom. The van der Waals surface area contributed by atoms with Gasteiger partial charge in [0.05, 0.1) is 11.7 Å². The van der Waals surface area contributed by atoms with Crippen molar-refractivity contribution in [2.24, 2.45) is 0 Å². The van der Waals surface area contributed by atoms with Crippen LogP contribution < -0.4 is 10.8 Å². The first kappa shape index (κ1) is 12.0. The van der Waals surface area contributed by atoms with Crippen molar-refractivity contribution in [3.63, 3.8) is 0 Å². The smallest absolute Gasteiger partial charge is 0.134 e. The van der Waals surface area contributed by atoms with Gasteiger partial charge in [0.2, 0.25) is 0 Å². The van der Waals surface area contributed by atoms with E-state index in [1.54, 1.807) is 11.8 Å². The molecule has 0 aliphatic carbocycles. The van der Waals surface area contributed by atoms with E-state index in [0.717, 1.165) is 11.3 Å². The summed E-state index contributed by atoms with van der Waals surface area (Å²) in [4.78, 5) is 13.7. The summed E-state index contributed by atoms with van der Waals surface area (Å²) >= 11 is 1.56. The first-order valence-corrected chi connectivity index (χ1v) is 6.50. The van der Waals surface area contributed by atoms with Crippen LogP contribution in [0.3, 0.4) is 0 Å². The van der Waals surface area contributed by atoms with Crippen molar-refractivity contribution in [2.45, 2.75) is 11.8 Å². The van der Waals surface area contributed by atoms with Crippen LogP contribution in [0.5, 0.6) is 0 Å². The van der Waals surface area contributed by atoms with Gasteiger partial charge in [-0.05, 0) is 11.6 Å². The van der Waals surface area contributed by atoms with Crippen LogP contribution in [0.4, 0.5) is 0 Å². The van der Waals surface area contributed by atoms with E-state index in [4.69, 9.17) is 0 Å². The monoisotopic (exact) mass is 250 g/mol. The number of aliphatic carboxylic acids is 1. The Morgan fingerprint density at radius 2 is 2.24 bits per heavy atom. The van der Waals surface area contributed by atoms with Gasteiger partial charge in [-0.3, -0.25) is 0 Å². The Morgan fingerprint density at radius 1 is 1.47 bits per heavy atom. The molecule has 0 spiro atoms. The van der Waals surface area contributed by atoms with Gasteiger partial charge >= 0.3 is 0 Å². The summed E-state index contributed by atoms with van der Waals surface area (Å²) in [5, 5.41) is 11.7. The lowest BCUT2D eigenvalue weighted by molar-refractivity contribution is -0.431. The Kier molecular flexibility index (Phi) is 3.71. The number of hydrogen-bond acceptors (Lipinski definition) is 3. The molecule has 0 saturated heterocycles. The van der Waals surface area contributed by atoms with Gasteiger partial charge in [0.15, 0.2) is 0 Å². The lowest BCUT2D eigenvalue weighted by Crippen LogP contribution is -2.69. The molecule has 2 aromatic rings. The molecule has 0 amide bonds. The average molecular weight is 250 g/mol. The molecule has 4 nitrogen and oxygen atoms in total. The second-order valence-corrected chi connectivity index (χ2v) is 4.92.